The number of hydrogen-bond acceptors (Lipinski definition) is 7. The highest BCUT2D eigenvalue weighted by Gasteiger charge is 2.46. The zero-order valence-electron chi connectivity index (χ0n) is 29.3. The van der Waals surface area contributed by atoms with E-state index in [1.807, 2.05) is 0 Å². The third-order valence-corrected chi connectivity index (χ3v) is 9.27. The van der Waals surface area contributed by atoms with E-state index in [-0.39, 0.29) is 21.7 Å². The number of benzene rings is 2. The zero-order valence-corrected chi connectivity index (χ0v) is 31.1. The van der Waals surface area contributed by atoms with Crippen LogP contribution in [-0.4, -0.2) is 54.7 Å². The van der Waals surface area contributed by atoms with Crippen LogP contribution in [0.3, 0.4) is 0 Å². The quantitative estimate of drug-likeness (QED) is 0.149. The first-order valence-electron chi connectivity index (χ1n) is 15.0. The molecule has 0 aromatic heterocycles. The summed E-state index contributed by atoms with van der Waals surface area (Å²) in [4.78, 5) is 31.0. The smallest absolute Gasteiger partial charge is 0.478 e. The summed E-state index contributed by atoms with van der Waals surface area (Å²) in [6.07, 6.45) is -0.790. The SMILES string of the molecule is CC(C)(C)c1cccc(C(C)(C)C)c1OC(c1c(C(C)(C)C)cccc1C(C)(C)C)C(CO)(CO)CO.O=P(O)(O)OP(=O)(O)O. The number of aliphatic hydroxyl groups excluding tert-OH is 3. The average Bonchev–Trinajstić information content (AvgIpc) is 2.84. The average molecular weight is 691 g/mol. The lowest BCUT2D eigenvalue weighted by Crippen LogP contribution is -2.45. The minimum atomic E-state index is -5.05. The number of phosphoric acid groups is 2. The van der Waals surface area contributed by atoms with E-state index in [1.54, 1.807) is 0 Å². The minimum Gasteiger partial charge on any atom is -0.484 e. The largest absolute Gasteiger partial charge is 0.484 e. The van der Waals surface area contributed by atoms with Gasteiger partial charge in [0.1, 0.15) is 11.9 Å². The van der Waals surface area contributed by atoms with Gasteiger partial charge in [-0.3, -0.25) is 0 Å². The van der Waals surface area contributed by atoms with E-state index in [0.717, 1.165) is 33.6 Å². The highest BCUT2D eigenvalue weighted by molar-refractivity contribution is 7.60. The van der Waals surface area contributed by atoms with E-state index < -0.39 is 47.0 Å². The zero-order chi connectivity index (χ0) is 36.3. The Labute approximate surface area is 274 Å². The van der Waals surface area contributed by atoms with Crippen molar-refractivity contribution in [2.24, 2.45) is 5.41 Å². The molecule has 0 aliphatic rings. The summed E-state index contributed by atoms with van der Waals surface area (Å²) in [7, 11) is -10.1. The molecule has 1 atom stereocenters. The van der Waals surface area contributed by atoms with Gasteiger partial charge in [-0.15, -0.1) is 0 Å². The van der Waals surface area contributed by atoms with Gasteiger partial charge in [0.15, 0.2) is 0 Å². The molecule has 2 aromatic rings. The predicted octanol–water partition coefficient (Wildman–Crippen LogP) is 6.15. The Kier molecular flexibility index (Phi) is 13.7. The van der Waals surface area contributed by atoms with Gasteiger partial charge in [-0.05, 0) is 43.9 Å². The van der Waals surface area contributed by atoms with E-state index in [9.17, 15) is 24.4 Å². The third-order valence-electron chi connectivity index (χ3n) is 7.56. The Hall–Kier alpha value is -1.62. The highest BCUT2D eigenvalue weighted by Crippen LogP contribution is 2.54. The summed E-state index contributed by atoms with van der Waals surface area (Å²) in [5.74, 6) is 0.760. The molecule has 0 radical (unpaired) electrons. The van der Waals surface area contributed by atoms with Gasteiger partial charge in [-0.25, -0.2) is 9.13 Å². The molecular weight excluding hydrogens is 634 g/mol. The van der Waals surface area contributed by atoms with Crippen LogP contribution in [0.2, 0.25) is 0 Å². The third kappa shape index (κ3) is 11.5. The van der Waals surface area contributed by atoms with E-state index in [0.29, 0.717) is 0 Å². The summed E-state index contributed by atoms with van der Waals surface area (Å²) >= 11 is 0. The molecule has 0 saturated heterocycles. The molecule has 0 bridgehead atoms. The van der Waals surface area contributed by atoms with Crippen molar-refractivity contribution in [2.75, 3.05) is 19.8 Å². The summed E-state index contributed by atoms with van der Waals surface area (Å²) < 4.78 is 29.4. The van der Waals surface area contributed by atoms with Gasteiger partial charge < -0.3 is 39.6 Å². The number of hydrogen-bond donors (Lipinski definition) is 7. The summed E-state index contributed by atoms with van der Waals surface area (Å²) in [6, 6.07) is 12.6. The fourth-order valence-corrected chi connectivity index (χ4v) is 6.25. The monoisotopic (exact) mass is 690 g/mol. The molecule has 0 amide bonds. The van der Waals surface area contributed by atoms with E-state index in [4.69, 9.17) is 24.3 Å². The van der Waals surface area contributed by atoms with Gasteiger partial charge in [-0.2, -0.15) is 4.31 Å². The lowest BCUT2D eigenvalue weighted by molar-refractivity contribution is -0.0761. The first-order valence-corrected chi connectivity index (χ1v) is 18.1. The van der Waals surface area contributed by atoms with Gasteiger partial charge in [0.25, 0.3) is 0 Å². The normalized spacial score (nSPS) is 14.4. The minimum absolute atomic E-state index is 0.210. The Balaban J connectivity index is 0.00000102. The van der Waals surface area contributed by atoms with Gasteiger partial charge in [-0.1, -0.05) is 119 Å². The fourth-order valence-electron chi connectivity index (χ4n) is 5.15. The lowest BCUT2D eigenvalue weighted by Gasteiger charge is -2.43. The molecule has 0 heterocycles. The van der Waals surface area contributed by atoms with Gasteiger partial charge in [0.05, 0.1) is 25.2 Å². The first-order chi connectivity index (χ1) is 20.4. The first kappa shape index (κ1) is 42.4. The molecule has 264 valence electrons. The van der Waals surface area contributed by atoms with Crippen molar-refractivity contribution in [3.63, 3.8) is 0 Å². The number of aliphatic hydroxyl groups is 3. The van der Waals surface area contributed by atoms with Crippen LogP contribution in [0.25, 0.3) is 0 Å². The molecule has 0 fully saturated rings. The van der Waals surface area contributed by atoms with Crippen LogP contribution < -0.4 is 4.74 Å². The fraction of sp³-hybridized carbons (Fsp3) is 0.636. The highest BCUT2D eigenvalue weighted by atomic mass is 31.3. The molecule has 0 aliphatic heterocycles. The number of ether oxygens (including phenoxy) is 1. The molecule has 11 nitrogen and oxygen atoms in total. The van der Waals surface area contributed by atoms with Gasteiger partial charge in [0.2, 0.25) is 0 Å². The number of para-hydroxylation sites is 1. The summed E-state index contributed by atoms with van der Waals surface area (Å²) in [5, 5.41) is 32.2. The van der Waals surface area contributed by atoms with Crippen molar-refractivity contribution < 1.29 is 53.1 Å². The van der Waals surface area contributed by atoms with E-state index >= 15 is 0 Å². The molecule has 7 N–H and O–H groups in total. The van der Waals surface area contributed by atoms with Crippen LogP contribution in [0.1, 0.15) is 117 Å². The molecule has 2 aromatic carbocycles. The maximum absolute atomic E-state index is 10.7. The summed E-state index contributed by atoms with van der Waals surface area (Å²) in [5.41, 5.74) is 3.00. The Morgan fingerprint density at radius 1 is 0.565 bits per heavy atom. The molecule has 46 heavy (non-hydrogen) atoms. The second-order valence-corrected chi connectivity index (χ2v) is 18.5. The van der Waals surface area contributed by atoms with Crippen molar-refractivity contribution in [1.82, 2.24) is 0 Å². The van der Waals surface area contributed by atoms with Crippen LogP contribution in [0.4, 0.5) is 0 Å². The molecule has 0 spiro atoms. The molecule has 1 unspecified atom stereocenters. The molecule has 0 aliphatic carbocycles. The van der Waals surface area contributed by atoms with Gasteiger partial charge >= 0.3 is 15.6 Å². The maximum Gasteiger partial charge on any atom is 0.478 e. The Morgan fingerprint density at radius 2 is 0.848 bits per heavy atom. The van der Waals surface area contributed by atoms with Crippen molar-refractivity contribution >= 4 is 15.6 Å². The Morgan fingerprint density at radius 3 is 1.07 bits per heavy atom. The molecule has 0 saturated carbocycles. The summed E-state index contributed by atoms with van der Waals surface area (Å²) in [6.45, 7) is 24.7. The van der Waals surface area contributed by atoms with Crippen LogP contribution in [0.5, 0.6) is 5.75 Å². The van der Waals surface area contributed by atoms with Crippen LogP contribution in [0.15, 0.2) is 36.4 Å². The number of rotatable bonds is 9. The Bertz CT molecular complexity index is 1300. The van der Waals surface area contributed by atoms with Crippen molar-refractivity contribution in [1.29, 1.82) is 0 Å². The predicted molar refractivity (Wildman–Crippen MR) is 180 cm³/mol. The topological polar surface area (TPSA) is 194 Å². The lowest BCUT2D eigenvalue weighted by atomic mass is 9.69. The van der Waals surface area contributed by atoms with Crippen molar-refractivity contribution in [3.05, 3.63) is 64.2 Å². The second-order valence-electron chi connectivity index (χ2n) is 15.8. The standard InChI is InChI=1S/C33H52O4.H4O7P2/c1-29(2,3)22-15-13-16-23(30(4,5)6)26(22)28(33(19-34,20-35)21-36)37-27-24(31(7,8)9)17-14-18-25(27)32(10,11)12;1-8(2,3)7-9(4,5)6/h13-18,28,34-36H,19-21H2,1-12H3;(H2,1,2,3)(H2,4,5,6). The van der Waals surface area contributed by atoms with Crippen molar-refractivity contribution in [3.8, 4) is 5.75 Å². The van der Waals surface area contributed by atoms with Crippen molar-refractivity contribution in [2.45, 2.75) is 111 Å². The second kappa shape index (κ2) is 14.9. The van der Waals surface area contributed by atoms with E-state index in [2.05, 4.69) is 124 Å². The molecular formula is C33H56O11P2. The van der Waals surface area contributed by atoms with E-state index in [1.165, 1.54) is 0 Å². The van der Waals surface area contributed by atoms with Gasteiger partial charge in [0, 0.05) is 5.56 Å². The van der Waals surface area contributed by atoms with Crippen LogP contribution >= 0.6 is 15.6 Å². The van der Waals surface area contributed by atoms with Crippen LogP contribution in [0, 0.1) is 5.41 Å². The van der Waals surface area contributed by atoms with Crippen LogP contribution in [-0.2, 0) is 35.1 Å². The molecule has 13 heteroatoms. The molecule has 2 rings (SSSR count). The maximum atomic E-state index is 10.7.